The van der Waals surface area contributed by atoms with Gasteiger partial charge in [-0.3, -0.25) is 18.7 Å². The summed E-state index contributed by atoms with van der Waals surface area (Å²) in [4.78, 5) is 25.1. The normalized spacial score (nSPS) is 14.1. The van der Waals surface area contributed by atoms with Gasteiger partial charge in [-0.2, -0.15) is 16.8 Å². The van der Waals surface area contributed by atoms with Crippen LogP contribution in [-0.4, -0.2) is 37.8 Å². The summed E-state index contributed by atoms with van der Waals surface area (Å²) in [5.74, 6) is -1.30. The van der Waals surface area contributed by atoms with Gasteiger partial charge >= 0.3 is 0 Å². The van der Waals surface area contributed by atoms with Crippen molar-refractivity contribution in [2.75, 3.05) is 4.90 Å². The Labute approximate surface area is 199 Å². The average molecular weight is 520 g/mol. The van der Waals surface area contributed by atoms with Gasteiger partial charge in [-0.05, 0) is 47.5 Å². The fourth-order valence-corrected chi connectivity index (χ4v) is 5.15. The zero-order chi connectivity index (χ0) is 24.8. The third-order valence-electron chi connectivity index (χ3n) is 5.02. The number of nitrogens with zero attached hydrogens (tertiary/aromatic N) is 1. The van der Waals surface area contributed by atoms with Crippen molar-refractivity contribution in [1.29, 1.82) is 0 Å². The van der Waals surface area contributed by atoms with Crippen LogP contribution in [0.2, 0.25) is 5.02 Å². The number of carbonyl (C=O) groups excluding carboxylic acids is 2. The predicted molar refractivity (Wildman–Crippen MR) is 124 cm³/mol. The maximum absolute atomic E-state index is 12.7. The summed E-state index contributed by atoms with van der Waals surface area (Å²) in [6, 6.07) is 13.3. The molecule has 1 aliphatic heterocycles. The summed E-state index contributed by atoms with van der Waals surface area (Å²) in [5, 5.41) is 0.0497. The molecule has 0 saturated heterocycles. The van der Waals surface area contributed by atoms with Gasteiger partial charge in [0.1, 0.15) is 9.79 Å². The van der Waals surface area contributed by atoms with E-state index in [9.17, 15) is 35.5 Å². The molecule has 0 aliphatic carbocycles. The van der Waals surface area contributed by atoms with Crippen LogP contribution in [0.15, 0.2) is 70.5 Å². The van der Waals surface area contributed by atoms with Crippen molar-refractivity contribution >= 4 is 61.5 Å². The first-order chi connectivity index (χ1) is 15.9. The van der Waals surface area contributed by atoms with Crippen molar-refractivity contribution in [3.63, 3.8) is 0 Å². The molecular formula is C22H14ClNO8S2. The third-order valence-corrected chi connectivity index (χ3v) is 7.08. The van der Waals surface area contributed by atoms with E-state index >= 15 is 0 Å². The number of fused-ring (bicyclic) bond motifs is 1. The van der Waals surface area contributed by atoms with Crippen molar-refractivity contribution in [2.45, 2.75) is 9.79 Å². The zero-order valence-electron chi connectivity index (χ0n) is 16.9. The standard InChI is InChI=1S/C22H14ClNO8S2/c23-15-9-7-13(19(11-15)33(27,28)29)5-6-14-8-10-16(12-20(14)34(30,31)32)24-21(25)17-3-1-2-4-18(17)22(24)26/h1-12H,(H,27,28,29)(H,30,31,32). The van der Waals surface area contributed by atoms with E-state index in [1.807, 2.05) is 0 Å². The number of halogens is 1. The van der Waals surface area contributed by atoms with Crippen LogP contribution in [0.4, 0.5) is 5.69 Å². The van der Waals surface area contributed by atoms with Crippen molar-refractivity contribution < 1.29 is 35.5 Å². The van der Waals surface area contributed by atoms with E-state index in [1.54, 1.807) is 12.1 Å². The molecule has 0 bridgehead atoms. The molecule has 174 valence electrons. The number of amides is 2. The molecule has 0 spiro atoms. The minimum atomic E-state index is -4.83. The molecule has 0 fully saturated rings. The number of hydrogen-bond acceptors (Lipinski definition) is 6. The molecule has 2 N–H and O–H groups in total. The molecule has 34 heavy (non-hydrogen) atoms. The molecule has 4 rings (SSSR count). The van der Waals surface area contributed by atoms with Gasteiger partial charge in [0, 0.05) is 5.02 Å². The Balaban J connectivity index is 1.79. The third kappa shape index (κ3) is 4.39. The maximum atomic E-state index is 12.7. The van der Waals surface area contributed by atoms with E-state index in [0.29, 0.717) is 0 Å². The topological polar surface area (TPSA) is 146 Å². The quantitative estimate of drug-likeness (QED) is 0.294. The van der Waals surface area contributed by atoms with E-state index in [1.165, 1.54) is 48.6 Å². The van der Waals surface area contributed by atoms with Crippen molar-refractivity contribution in [3.8, 4) is 0 Å². The molecule has 0 radical (unpaired) electrons. The predicted octanol–water partition coefficient (Wildman–Crippen LogP) is 3.80. The van der Waals surface area contributed by atoms with Gasteiger partial charge in [0.15, 0.2) is 0 Å². The van der Waals surface area contributed by atoms with Gasteiger partial charge < -0.3 is 0 Å². The summed E-state index contributed by atoms with van der Waals surface area (Å²) in [6.07, 6.45) is 2.39. The minimum Gasteiger partial charge on any atom is -0.282 e. The minimum absolute atomic E-state index is 0.00221. The summed E-state index contributed by atoms with van der Waals surface area (Å²) >= 11 is 5.79. The number of rotatable bonds is 5. The highest BCUT2D eigenvalue weighted by Crippen LogP contribution is 2.32. The molecule has 2 amide bonds. The van der Waals surface area contributed by atoms with Gasteiger partial charge in [0.05, 0.1) is 16.8 Å². The molecule has 12 heteroatoms. The van der Waals surface area contributed by atoms with Crippen molar-refractivity contribution in [2.24, 2.45) is 0 Å². The number of benzene rings is 3. The molecule has 9 nitrogen and oxygen atoms in total. The highest BCUT2D eigenvalue weighted by molar-refractivity contribution is 7.86. The number of imide groups is 1. The molecule has 0 saturated carbocycles. The second kappa shape index (κ2) is 8.46. The number of hydrogen-bond donors (Lipinski definition) is 2. The van der Waals surface area contributed by atoms with Crippen LogP contribution in [0.1, 0.15) is 31.8 Å². The summed E-state index contributed by atoms with van der Waals surface area (Å²) in [5.41, 5.74) is 0.161. The molecule has 1 aliphatic rings. The molecule has 0 aromatic heterocycles. The lowest BCUT2D eigenvalue weighted by atomic mass is 10.1. The Morgan fingerprint density at radius 3 is 1.68 bits per heavy atom. The molecular weight excluding hydrogens is 506 g/mol. The van der Waals surface area contributed by atoms with Gasteiger partial charge in [0.25, 0.3) is 32.1 Å². The maximum Gasteiger partial charge on any atom is 0.295 e. The van der Waals surface area contributed by atoms with Gasteiger partial charge in [0.2, 0.25) is 0 Å². The zero-order valence-corrected chi connectivity index (χ0v) is 19.3. The lowest BCUT2D eigenvalue weighted by Crippen LogP contribution is -2.29. The summed E-state index contributed by atoms with van der Waals surface area (Å²) < 4.78 is 66.6. The van der Waals surface area contributed by atoms with E-state index in [2.05, 4.69) is 0 Å². The first-order valence-electron chi connectivity index (χ1n) is 9.42. The van der Waals surface area contributed by atoms with E-state index in [-0.39, 0.29) is 33.0 Å². The van der Waals surface area contributed by atoms with Crippen LogP contribution in [0.25, 0.3) is 12.2 Å². The lowest BCUT2D eigenvalue weighted by molar-refractivity contribution is 0.0926. The van der Waals surface area contributed by atoms with Crippen LogP contribution in [0.3, 0.4) is 0 Å². The Hall–Kier alpha value is -3.35. The molecule has 1 heterocycles. The molecule has 3 aromatic rings. The molecule has 3 aromatic carbocycles. The average Bonchev–Trinajstić information content (AvgIpc) is 3.02. The fourth-order valence-electron chi connectivity index (χ4n) is 3.50. The highest BCUT2D eigenvalue weighted by Gasteiger charge is 2.36. The van der Waals surface area contributed by atoms with Crippen molar-refractivity contribution in [1.82, 2.24) is 0 Å². The SMILES string of the molecule is O=C1c2ccccc2C(=O)N1c1ccc(C=Cc2ccc(Cl)cc2S(=O)(=O)O)c(S(=O)(=O)O)c1. The van der Waals surface area contributed by atoms with Crippen LogP contribution < -0.4 is 4.90 Å². The first-order valence-corrected chi connectivity index (χ1v) is 12.7. The Morgan fingerprint density at radius 1 is 0.706 bits per heavy atom. The summed E-state index contributed by atoms with van der Waals surface area (Å²) in [6.45, 7) is 0. The lowest BCUT2D eigenvalue weighted by Gasteiger charge is -2.15. The van der Waals surface area contributed by atoms with Crippen molar-refractivity contribution in [3.05, 3.63) is 87.9 Å². The van der Waals surface area contributed by atoms with Gasteiger partial charge in [-0.25, -0.2) is 4.90 Å². The second-order valence-electron chi connectivity index (χ2n) is 7.18. The smallest absolute Gasteiger partial charge is 0.282 e. The largest absolute Gasteiger partial charge is 0.295 e. The first kappa shape index (κ1) is 23.8. The Morgan fingerprint density at radius 2 is 1.18 bits per heavy atom. The van der Waals surface area contributed by atoms with E-state index in [4.69, 9.17) is 11.6 Å². The number of carbonyl (C=O) groups is 2. The van der Waals surface area contributed by atoms with Crippen LogP contribution in [0, 0.1) is 0 Å². The van der Waals surface area contributed by atoms with E-state index in [0.717, 1.165) is 17.0 Å². The van der Waals surface area contributed by atoms with Crippen LogP contribution in [0.5, 0.6) is 0 Å². The monoisotopic (exact) mass is 519 g/mol. The molecule has 0 unspecified atom stereocenters. The van der Waals surface area contributed by atoms with Gasteiger partial charge in [-0.15, -0.1) is 0 Å². The van der Waals surface area contributed by atoms with Crippen LogP contribution in [-0.2, 0) is 20.2 Å². The van der Waals surface area contributed by atoms with Gasteiger partial charge in [-0.1, -0.05) is 48.0 Å². The van der Waals surface area contributed by atoms with E-state index < -0.39 is 41.8 Å². The van der Waals surface area contributed by atoms with Crippen LogP contribution >= 0.6 is 11.6 Å². The second-order valence-corrected chi connectivity index (χ2v) is 10.4. The Kier molecular flexibility index (Phi) is 5.92. The number of anilines is 1. The Bertz CT molecular complexity index is 1580. The fraction of sp³-hybridized carbons (Fsp3) is 0. The highest BCUT2D eigenvalue weighted by atomic mass is 35.5. The summed E-state index contributed by atoms with van der Waals surface area (Å²) in [7, 11) is -9.47. The molecule has 0 atom stereocenters.